The van der Waals surface area contributed by atoms with Gasteiger partial charge < -0.3 is 15.3 Å². The Morgan fingerprint density at radius 2 is 1.53 bits per heavy atom. The maximum Gasteiger partial charge on any atom is 0.391 e. The Labute approximate surface area is 85.9 Å². The quantitative estimate of drug-likeness (QED) is 0.557. The van der Waals surface area contributed by atoms with E-state index >= 15 is 0 Å². The van der Waals surface area contributed by atoms with Gasteiger partial charge in [-0.1, -0.05) is 0 Å². The summed E-state index contributed by atoms with van der Waals surface area (Å²) in [4.78, 5) is 1.37. The van der Waals surface area contributed by atoms with Gasteiger partial charge in [0, 0.05) is 19.6 Å². The number of hydrogen-bond donors (Lipinski definition) is 3. The zero-order chi connectivity index (χ0) is 11.9. The third-order valence-electron chi connectivity index (χ3n) is 1.77. The van der Waals surface area contributed by atoms with Crippen LogP contribution in [0.25, 0.3) is 0 Å². The molecule has 0 amide bonds. The van der Waals surface area contributed by atoms with Crippen LogP contribution in [-0.4, -0.2) is 65.3 Å². The molecule has 15 heavy (non-hydrogen) atoms. The van der Waals surface area contributed by atoms with Gasteiger partial charge in [-0.05, 0) is 0 Å². The van der Waals surface area contributed by atoms with Gasteiger partial charge >= 0.3 is 6.18 Å². The normalized spacial score (nSPS) is 14.6. The minimum atomic E-state index is -4.40. The fourth-order valence-corrected chi connectivity index (χ4v) is 1.21. The fourth-order valence-electron chi connectivity index (χ4n) is 1.21. The smallest absolute Gasteiger partial charge is 0.391 e. The van der Waals surface area contributed by atoms with E-state index in [1.807, 2.05) is 0 Å². The van der Waals surface area contributed by atoms with Crippen LogP contribution < -0.4 is 0 Å². The molecule has 0 rings (SSSR count). The Bertz CT molecular complexity index is 160. The van der Waals surface area contributed by atoms with Crippen LogP contribution in [0.3, 0.4) is 0 Å². The first-order valence-corrected chi connectivity index (χ1v) is 4.58. The molecule has 92 valence electrons. The molecule has 0 aromatic heterocycles. The van der Waals surface area contributed by atoms with Gasteiger partial charge in [0.1, 0.15) is 0 Å². The monoisotopic (exact) mass is 231 g/mol. The second-order valence-corrected chi connectivity index (χ2v) is 3.22. The third kappa shape index (κ3) is 8.61. The average Bonchev–Trinajstić information content (AvgIpc) is 2.00. The van der Waals surface area contributed by atoms with Gasteiger partial charge in [0.2, 0.25) is 0 Å². The molecule has 0 aromatic carbocycles. The van der Waals surface area contributed by atoms with Gasteiger partial charge in [-0.15, -0.1) is 0 Å². The number of hydrogen-bond acceptors (Lipinski definition) is 4. The molecular weight excluding hydrogens is 215 g/mol. The molecule has 0 heterocycles. The molecule has 0 spiro atoms. The standard InChI is InChI=1S/C8H16F3NO3/c9-8(10,11)5-7(15)6-12(1-3-13)2-4-14/h7,13-15H,1-6H2. The van der Waals surface area contributed by atoms with Crippen LogP contribution in [0.2, 0.25) is 0 Å². The van der Waals surface area contributed by atoms with E-state index in [4.69, 9.17) is 15.3 Å². The predicted octanol–water partition coefficient (Wildman–Crippen LogP) is -0.414. The lowest BCUT2D eigenvalue weighted by Gasteiger charge is -2.23. The topological polar surface area (TPSA) is 63.9 Å². The molecule has 4 nitrogen and oxygen atoms in total. The number of aliphatic hydroxyl groups is 3. The number of halogens is 3. The van der Waals surface area contributed by atoms with Crippen molar-refractivity contribution in [2.45, 2.75) is 18.7 Å². The maximum atomic E-state index is 11.9. The highest BCUT2D eigenvalue weighted by molar-refractivity contribution is 4.67. The van der Waals surface area contributed by atoms with Gasteiger partial charge in [-0.25, -0.2) is 0 Å². The maximum absolute atomic E-state index is 11.9. The lowest BCUT2D eigenvalue weighted by molar-refractivity contribution is -0.155. The number of alkyl halides is 3. The second-order valence-electron chi connectivity index (χ2n) is 3.22. The summed E-state index contributed by atoms with van der Waals surface area (Å²) >= 11 is 0. The summed E-state index contributed by atoms with van der Waals surface area (Å²) < 4.78 is 35.6. The molecule has 0 saturated heterocycles. The first-order chi connectivity index (χ1) is 6.89. The highest BCUT2D eigenvalue weighted by Crippen LogP contribution is 2.21. The molecule has 0 aliphatic heterocycles. The molecule has 7 heteroatoms. The van der Waals surface area contributed by atoms with Gasteiger partial charge in [0.05, 0.1) is 25.7 Å². The number of nitrogens with zero attached hydrogens (tertiary/aromatic N) is 1. The zero-order valence-electron chi connectivity index (χ0n) is 8.24. The summed E-state index contributed by atoms with van der Waals surface area (Å²) in [6, 6.07) is 0. The van der Waals surface area contributed by atoms with Gasteiger partial charge in [0.15, 0.2) is 0 Å². The zero-order valence-corrected chi connectivity index (χ0v) is 8.24. The van der Waals surface area contributed by atoms with Crippen LogP contribution in [-0.2, 0) is 0 Å². The average molecular weight is 231 g/mol. The van der Waals surface area contributed by atoms with Gasteiger partial charge in [-0.3, -0.25) is 4.90 Å². The molecule has 0 fully saturated rings. The minimum absolute atomic E-state index is 0.134. The van der Waals surface area contributed by atoms with E-state index in [0.717, 1.165) is 0 Å². The Morgan fingerprint density at radius 1 is 1.07 bits per heavy atom. The molecule has 0 bridgehead atoms. The van der Waals surface area contributed by atoms with Crippen molar-refractivity contribution in [3.8, 4) is 0 Å². The Hall–Kier alpha value is -0.370. The Morgan fingerprint density at radius 3 is 1.87 bits per heavy atom. The van der Waals surface area contributed by atoms with E-state index < -0.39 is 18.7 Å². The summed E-state index contributed by atoms with van der Waals surface area (Å²) in [6.07, 6.45) is -7.20. The summed E-state index contributed by atoms with van der Waals surface area (Å²) in [7, 11) is 0. The molecular formula is C8H16F3NO3. The fraction of sp³-hybridized carbons (Fsp3) is 1.00. The molecule has 3 N–H and O–H groups in total. The largest absolute Gasteiger partial charge is 0.395 e. The van der Waals surface area contributed by atoms with Crippen molar-refractivity contribution >= 4 is 0 Å². The van der Waals surface area contributed by atoms with Crippen molar-refractivity contribution < 1.29 is 28.5 Å². The summed E-state index contributed by atoms with van der Waals surface area (Å²) in [5.41, 5.74) is 0. The molecule has 0 aliphatic rings. The van der Waals surface area contributed by atoms with Crippen molar-refractivity contribution in [2.24, 2.45) is 0 Å². The van der Waals surface area contributed by atoms with Crippen LogP contribution in [0, 0.1) is 0 Å². The second kappa shape index (κ2) is 7.00. The van der Waals surface area contributed by atoms with E-state index in [1.54, 1.807) is 0 Å². The lowest BCUT2D eigenvalue weighted by atomic mass is 10.2. The first kappa shape index (κ1) is 14.6. The van der Waals surface area contributed by atoms with E-state index in [9.17, 15) is 13.2 Å². The van der Waals surface area contributed by atoms with Gasteiger partial charge in [0.25, 0.3) is 0 Å². The van der Waals surface area contributed by atoms with E-state index in [0.29, 0.717) is 0 Å². The molecule has 0 aliphatic carbocycles. The first-order valence-electron chi connectivity index (χ1n) is 4.58. The Kier molecular flexibility index (Phi) is 6.82. The number of rotatable bonds is 7. The minimum Gasteiger partial charge on any atom is -0.395 e. The molecule has 1 atom stereocenters. The highest BCUT2D eigenvalue weighted by atomic mass is 19.4. The summed E-state index contributed by atoms with van der Waals surface area (Å²) in [5, 5.41) is 26.2. The van der Waals surface area contributed by atoms with E-state index in [-0.39, 0.29) is 32.8 Å². The SMILES string of the molecule is OCCN(CCO)CC(O)CC(F)(F)F. The van der Waals surface area contributed by atoms with Crippen molar-refractivity contribution in [1.29, 1.82) is 0 Å². The lowest BCUT2D eigenvalue weighted by Crippen LogP contribution is -2.38. The van der Waals surface area contributed by atoms with E-state index in [1.165, 1.54) is 4.90 Å². The van der Waals surface area contributed by atoms with Crippen LogP contribution in [0.4, 0.5) is 13.2 Å². The van der Waals surface area contributed by atoms with Crippen molar-refractivity contribution in [1.82, 2.24) is 4.90 Å². The molecule has 1 unspecified atom stereocenters. The summed E-state index contributed by atoms with van der Waals surface area (Å²) in [6.45, 7) is -0.386. The third-order valence-corrected chi connectivity index (χ3v) is 1.77. The Balaban J connectivity index is 3.93. The van der Waals surface area contributed by atoms with Crippen molar-refractivity contribution in [2.75, 3.05) is 32.8 Å². The number of aliphatic hydroxyl groups excluding tert-OH is 3. The molecule has 0 saturated carbocycles. The van der Waals surface area contributed by atoms with Crippen LogP contribution in [0.15, 0.2) is 0 Å². The van der Waals surface area contributed by atoms with Crippen LogP contribution >= 0.6 is 0 Å². The van der Waals surface area contributed by atoms with E-state index in [2.05, 4.69) is 0 Å². The highest BCUT2D eigenvalue weighted by Gasteiger charge is 2.31. The van der Waals surface area contributed by atoms with Crippen molar-refractivity contribution in [3.63, 3.8) is 0 Å². The van der Waals surface area contributed by atoms with Gasteiger partial charge in [-0.2, -0.15) is 13.2 Å². The molecule has 0 radical (unpaired) electrons. The molecule has 0 aromatic rings. The van der Waals surface area contributed by atoms with Crippen LogP contribution in [0.5, 0.6) is 0 Å². The summed E-state index contributed by atoms with van der Waals surface area (Å²) in [5.74, 6) is 0. The van der Waals surface area contributed by atoms with Crippen molar-refractivity contribution in [3.05, 3.63) is 0 Å². The predicted molar refractivity (Wildman–Crippen MR) is 47.3 cm³/mol. The van der Waals surface area contributed by atoms with Crippen LogP contribution in [0.1, 0.15) is 6.42 Å².